The van der Waals surface area contributed by atoms with Crippen molar-refractivity contribution >= 4 is 40.5 Å². The molecule has 3 rings (SSSR count). The standard InChI is InChI=1S/C14H14N4O3S2/c1-18(11(19)5-9-12(20)17-14(21)16-9)6-8-7-23-13(15-8)10-3-2-4-22-10/h2-4,7,9H,5-6H2,1H3,(H2,16,17,20,21)/t9-/m1/s1. The topological polar surface area (TPSA) is 91.4 Å². The molecule has 0 aliphatic carbocycles. The fourth-order valence-corrected chi connectivity index (χ4v) is 3.78. The predicted octanol–water partition coefficient (Wildman–Crippen LogP) is 1.43. The van der Waals surface area contributed by atoms with Gasteiger partial charge in [-0.05, 0) is 11.4 Å². The second-order valence-electron chi connectivity index (χ2n) is 5.09. The summed E-state index contributed by atoms with van der Waals surface area (Å²) in [5.41, 5.74) is 0.800. The zero-order valence-corrected chi connectivity index (χ0v) is 13.9. The van der Waals surface area contributed by atoms with Crippen LogP contribution >= 0.6 is 22.7 Å². The number of thiazole rings is 1. The molecule has 3 heterocycles. The van der Waals surface area contributed by atoms with Gasteiger partial charge in [0.15, 0.2) is 0 Å². The van der Waals surface area contributed by atoms with Gasteiger partial charge >= 0.3 is 6.03 Å². The third-order valence-electron chi connectivity index (χ3n) is 3.35. The normalized spacial score (nSPS) is 17.0. The van der Waals surface area contributed by atoms with Crippen LogP contribution in [0.2, 0.25) is 0 Å². The summed E-state index contributed by atoms with van der Waals surface area (Å²) in [6, 6.07) is 2.62. The van der Waals surface area contributed by atoms with Crippen LogP contribution in [-0.4, -0.2) is 40.8 Å². The number of nitrogens with zero attached hydrogens (tertiary/aromatic N) is 2. The molecule has 0 radical (unpaired) electrons. The molecule has 1 fully saturated rings. The third-order valence-corrected chi connectivity index (χ3v) is 5.28. The van der Waals surface area contributed by atoms with E-state index in [-0.39, 0.29) is 12.3 Å². The Bertz CT molecular complexity index is 741. The van der Waals surface area contributed by atoms with Crippen LogP contribution < -0.4 is 10.6 Å². The molecule has 2 N–H and O–H groups in total. The molecule has 1 aliphatic rings. The first-order valence-corrected chi connectivity index (χ1v) is 8.62. The molecule has 23 heavy (non-hydrogen) atoms. The summed E-state index contributed by atoms with van der Waals surface area (Å²) in [5, 5.41) is 9.37. The van der Waals surface area contributed by atoms with Crippen molar-refractivity contribution in [3.8, 4) is 9.88 Å². The Morgan fingerprint density at radius 2 is 2.22 bits per heavy atom. The minimum absolute atomic E-state index is 0.0595. The summed E-state index contributed by atoms with van der Waals surface area (Å²) in [7, 11) is 1.65. The van der Waals surface area contributed by atoms with Gasteiger partial charge in [-0.15, -0.1) is 22.7 Å². The molecule has 1 aliphatic heterocycles. The maximum Gasteiger partial charge on any atom is 0.322 e. The highest BCUT2D eigenvalue weighted by Gasteiger charge is 2.32. The van der Waals surface area contributed by atoms with Gasteiger partial charge in [-0.1, -0.05) is 6.07 Å². The van der Waals surface area contributed by atoms with Crippen molar-refractivity contribution in [2.75, 3.05) is 7.05 Å². The average molecular weight is 350 g/mol. The minimum atomic E-state index is -0.797. The van der Waals surface area contributed by atoms with Crippen molar-refractivity contribution in [2.24, 2.45) is 0 Å². The van der Waals surface area contributed by atoms with Crippen LogP contribution in [0.25, 0.3) is 9.88 Å². The van der Waals surface area contributed by atoms with Crippen molar-refractivity contribution in [3.63, 3.8) is 0 Å². The smallest absolute Gasteiger partial charge is 0.322 e. The zero-order valence-electron chi connectivity index (χ0n) is 12.2. The van der Waals surface area contributed by atoms with E-state index in [2.05, 4.69) is 15.6 Å². The number of carbonyl (C=O) groups excluding carboxylic acids is 3. The molecule has 1 atom stereocenters. The average Bonchev–Trinajstić information content (AvgIpc) is 3.21. The van der Waals surface area contributed by atoms with Crippen LogP contribution in [0.3, 0.4) is 0 Å². The van der Waals surface area contributed by atoms with E-state index in [9.17, 15) is 14.4 Å². The van der Waals surface area contributed by atoms with E-state index < -0.39 is 18.0 Å². The summed E-state index contributed by atoms with van der Waals surface area (Å²) < 4.78 is 0. The van der Waals surface area contributed by atoms with Crippen molar-refractivity contribution in [2.45, 2.75) is 19.0 Å². The van der Waals surface area contributed by atoms with Crippen LogP contribution in [0, 0.1) is 0 Å². The van der Waals surface area contributed by atoms with Crippen LogP contribution in [0.1, 0.15) is 12.1 Å². The zero-order chi connectivity index (χ0) is 16.4. The second-order valence-corrected chi connectivity index (χ2v) is 6.90. The number of rotatable bonds is 5. The van der Waals surface area contributed by atoms with Crippen molar-refractivity contribution < 1.29 is 14.4 Å². The second kappa shape index (κ2) is 6.47. The van der Waals surface area contributed by atoms with Gasteiger partial charge in [-0.3, -0.25) is 14.9 Å². The molecule has 0 saturated carbocycles. The van der Waals surface area contributed by atoms with Crippen molar-refractivity contribution in [1.82, 2.24) is 20.5 Å². The number of urea groups is 1. The summed E-state index contributed by atoms with van der Waals surface area (Å²) in [5.74, 6) is -0.691. The highest BCUT2D eigenvalue weighted by atomic mass is 32.1. The number of amides is 4. The lowest BCUT2D eigenvalue weighted by Crippen LogP contribution is -2.37. The lowest BCUT2D eigenvalue weighted by molar-refractivity contribution is -0.133. The van der Waals surface area contributed by atoms with Crippen LogP contribution in [-0.2, 0) is 16.1 Å². The number of hydrogen-bond acceptors (Lipinski definition) is 6. The van der Waals surface area contributed by atoms with Gasteiger partial charge in [0.05, 0.1) is 23.5 Å². The van der Waals surface area contributed by atoms with Gasteiger partial charge in [0.1, 0.15) is 11.0 Å². The van der Waals surface area contributed by atoms with Gasteiger partial charge in [0.2, 0.25) is 5.91 Å². The molecule has 120 valence electrons. The Hall–Kier alpha value is -2.26. The van der Waals surface area contributed by atoms with E-state index in [0.717, 1.165) is 15.6 Å². The van der Waals surface area contributed by atoms with Gasteiger partial charge in [0.25, 0.3) is 5.91 Å². The molecule has 0 unspecified atom stereocenters. The number of imide groups is 1. The largest absolute Gasteiger partial charge is 0.340 e. The van der Waals surface area contributed by atoms with E-state index >= 15 is 0 Å². The highest BCUT2D eigenvalue weighted by molar-refractivity contribution is 7.20. The number of hydrogen-bond donors (Lipinski definition) is 2. The minimum Gasteiger partial charge on any atom is -0.340 e. The van der Waals surface area contributed by atoms with Crippen LogP contribution in [0.15, 0.2) is 22.9 Å². The summed E-state index contributed by atoms with van der Waals surface area (Å²) in [6.07, 6.45) is -0.0595. The van der Waals surface area contributed by atoms with E-state index in [0.29, 0.717) is 6.54 Å². The van der Waals surface area contributed by atoms with Gasteiger partial charge in [-0.2, -0.15) is 0 Å². The maximum atomic E-state index is 12.2. The molecular formula is C14H14N4O3S2. The Kier molecular flexibility index (Phi) is 4.39. The lowest BCUT2D eigenvalue weighted by Gasteiger charge is -2.17. The fraction of sp³-hybridized carbons (Fsp3) is 0.286. The highest BCUT2D eigenvalue weighted by Crippen LogP contribution is 2.28. The Morgan fingerprint density at radius 1 is 1.39 bits per heavy atom. The number of aromatic nitrogens is 1. The Morgan fingerprint density at radius 3 is 2.87 bits per heavy atom. The molecule has 2 aromatic rings. The monoisotopic (exact) mass is 350 g/mol. The molecule has 1 saturated heterocycles. The number of carbonyl (C=O) groups is 3. The summed E-state index contributed by atoms with van der Waals surface area (Å²) in [4.78, 5) is 41.8. The maximum absolute atomic E-state index is 12.2. The summed E-state index contributed by atoms with van der Waals surface area (Å²) in [6.45, 7) is 0.364. The van der Waals surface area contributed by atoms with Gasteiger partial charge in [0, 0.05) is 12.4 Å². The first-order chi connectivity index (χ1) is 11.0. The van der Waals surface area contributed by atoms with Crippen LogP contribution in [0.5, 0.6) is 0 Å². The number of thiophene rings is 1. The molecule has 2 aromatic heterocycles. The van der Waals surface area contributed by atoms with E-state index in [1.54, 1.807) is 18.4 Å². The molecule has 0 aromatic carbocycles. The predicted molar refractivity (Wildman–Crippen MR) is 87.0 cm³/mol. The van der Waals surface area contributed by atoms with Gasteiger partial charge < -0.3 is 10.2 Å². The van der Waals surface area contributed by atoms with Gasteiger partial charge in [-0.25, -0.2) is 9.78 Å². The quantitative estimate of drug-likeness (QED) is 0.798. The van der Waals surface area contributed by atoms with Crippen molar-refractivity contribution in [1.29, 1.82) is 0 Å². The Balaban J connectivity index is 1.58. The molecule has 4 amide bonds. The molecular weight excluding hydrogens is 336 g/mol. The van der Waals surface area contributed by atoms with Crippen LogP contribution in [0.4, 0.5) is 4.79 Å². The third kappa shape index (κ3) is 3.57. The first kappa shape index (κ1) is 15.6. The lowest BCUT2D eigenvalue weighted by atomic mass is 10.2. The number of nitrogens with one attached hydrogen (secondary N) is 2. The fourth-order valence-electron chi connectivity index (χ4n) is 2.16. The van der Waals surface area contributed by atoms with E-state index in [4.69, 9.17) is 0 Å². The molecule has 7 nitrogen and oxygen atoms in total. The molecule has 0 bridgehead atoms. The first-order valence-electron chi connectivity index (χ1n) is 6.86. The van der Waals surface area contributed by atoms with E-state index in [1.165, 1.54) is 16.2 Å². The SMILES string of the molecule is CN(Cc1csc(-c2cccs2)n1)C(=O)C[C@H]1NC(=O)NC1=O. The van der Waals surface area contributed by atoms with E-state index in [1.807, 2.05) is 22.9 Å². The molecule has 9 heteroatoms. The van der Waals surface area contributed by atoms with Crippen molar-refractivity contribution in [3.05, 3.63) is 28.6 Å². The summed E-state index contributed by atoms with van der Waals surface area (Å²) >= 11 is 3.15. The molecule has 0 spiro atoms. The Labute approximate surface area is 140 Å².